The van der Waals surface area contributed by atoms with E-state index in [0.29, 0.717) is 10.0 Å². The lowest BCUT2D eigenvalue weighted by atomic mass is 10.2. The average molecular weight is 351 g/mol. The van der Waals surface area contributed by atoms with Crippen LogP contribution < -0.4 is 5.32 Å². The van der Waals surface area contributed by atoms with Gasteiger partial charge in [0.1, 0.15) is 0 Å². The number of aliphatic carboxylic acids is 1. The Balaban J connectivity index is 2.63. The summed E-state index contributed by atoms with van der Waals surface area (Å²) in [5, 5.41) is 10.9. The van der Waals surface area contributed by atoms with Crippen LogP contribution in [0.5, 0.6) is 0 Å². The SMILES string of the molecule is O=C(O)CCNC(=O)c1ccc(Br)cc1Br. The number of hydrogen-bond acceptors (Lipinski definition) is 2. The molecule has 6 heteroatoms. The Bertz CT molecular complexity index is 421. The number of hydrogen-bond donors (Lipinski definition) is 2. The molecule has 0 heterocycles. The summed E-state index contributed by atoms with van der Waals surface area (Å²) in [6.45, 7) is 0.122. The van der Waals surface area contributed by atoms with Gasteiger partial charge in [0.25, 0.3) is 5.91 Å². The summed E-state index contributed by atoms with van der Waals surface area (Å²) >= 11 is 6.54. The maximum atomic E-state index is 11.6. The first-order chi connectivity index (χ1) is 7.50. The number of carboxylic acids is 1. The highest BCUT2D eigenvalue weighted by Gasteiger charge is 2.09. The summed E-state index contributed by atoms with van der Waals surface area (Å²) in [5.74, 6) is -1.23. The van der Waals surface area contributed by atoms with Gasteiger partial charge in [-0.25, -0.2) is 0 Å². The number of carbonyl (C=O) groups excluding carboxylic acids is 1. The number of halogens is 2. The Labute approximate surface area is 109 Å². The van der Waals surface area contributed by atoms with E-state index < -0.39 is 5.97 Å². The predicted octanol–water partition coefficient (Wildman–Crippen LogP) is 2.42. The van der Waals surface area contributed by atoms with E-state index in [0.717, 1.165) is 4.47 Å². The van der Waals surface area contributed by atoms with Crippen LogP contribution in [0.15, 0.2) is 27.1 Å². The molecule has 0 spiro atoms. The molecular formula is C10H9Br2NO3. The van der Waals surface area contributed by atoms with Gasteiger partial charge in [0.2, 0.25) is 0 Å². The minimum Gasteiger partial charge on any atom is -0.481 e. The van der Waals surface area contributed by atoms with Crippen LogP contribution >= 0.6 is 31.9 Å². The van der Waals surface area contributed by atoms with E-state index in [1.807, 2.05) is 0 Å². The van der Waals surface area contributed by atoms with Crippen LogP contribution in [0, 0.1) is 0 Å². The lowest BCUT2D eigenvalue weighted by molar-refractivity contribution is -0.136. The second kappa shape index (κ2) is 6.00. The standard InChI is InChI=1S/C10H9Br2NO3/c11-6-1-2-7(8(12)5-6)10(16)13-4-3-9(14)15/h1-2,5H,3-4H2,(H,13,16)(H,14,15). The molecule has 86 valence electrons. The fourth-order valence-electron chi connectivity index (χ4n) is 1.05. The minimum absolute atomic E-state index is 0.0834. The van der Waals surface area contributed by atoms with Crippen molar-refractivity contribution in [3.05, 3.63) is 32.7 Å². The van der Waals surface area contributed by atoms with Gasteiger partial charge in [-0.05, 0) is 34.1 Å². The molecule has 1 rings (SSSR count). The highest BCUT2D eigenvalue weighted by atomic mass is 79.9. The second-order valence-electron chi connectivity index (χ2n) is 3.02. The lowest BCUT2D eigenvalue weighted by Gasteiger charge is -2.05. The monoisotopic (exact) mass is 349 g/mol. The topological polar surface area (TPSA) is 66.4 Å². The zero-order valence-electron chi connectivity index (χ0n) is 8.17. The second-order valence-corrected chi connectivity index (χ2v) is 4.79. The normalized spacial score (nSPS) is 9.88. The third-order valence-corrected chi connectivity index (χ3v) is 2.95. The van der Waals surface area contributed by atoms with Gasteiger partial charge in [0, 0.05) is 15.5 Å². The fraction of sp³-hybridized carbons (Fsp3) is 0.200. The molecule has 1 amide bonds. The number of rotatable bonds is 4. The molecule has 0 atom stereocenters. The van der Waals surface area contributed by atoms with E-state index in [9.17, 15) is 9.59 Å². The molecule has 0 bridgehead atoms. The Morgan fingerprint density at radius 2 is 2.00 bits per heavy atom. The average Bonchev–Trinajstić information content (AvgIpc) is 2.16. The van der Waals surface area contributed by atoms with Crippen LogP contribution in [-0.4, -0.2) is 23.5 Å². The summed E-state index contributed by atoms with van der Waals surface area (Å²) in [6, 6.07) is 5.16. The van der Waals surface area contributed by atoms with Gasteiger partial charge >= 0.3 is 5.97 Å². The zero-order valence-corrected chi connectivity index (χ0v) is 11.3. The van der Waals surface area contributed by atoms with Crippen molar-refractivity contribution in [3.8, 4) is 0 Å². The quantitative estimate of drug-likeness (QED) is 0.876. The predicted molar refractivity (Wildman–Crippen MR) is 66.4 cm³/mol. The van der Waals surface area contributed by atoms with Crippen molar-refractivity contribution < 1.29 is 14.7 Å². The zero-order chi connectivity index (χ0) is 12.1. The van der Waals surface area contributed by atoms with Crippen LogP contribution in [-0.2, 0) is 4.79 Å². The van der Waals surface area contributed by atoms with Crippen molar-refractivity contribution in [1.29, 1.82) is 0 Å². The summed E-state index contributed by atoms with van der Waals surface area (Å²) in [7, 11) is 0. The molecule has 0 radical (unpaired) electrons. The molecule has 0 aliphatic rings. The van der Waals surface area contributed by atoms with Gasteiger partial charge in [0.15, 0.2) is 0 Å². The van der Waals surface area contributed by atoms with Crippen LogP contribution in [0.2, 0.25) is 0 Å². The number of carbonyl (C=O) groups is 2. The molecular weight excluding hydrogens is 342 g/mol. The highest BCUT2D eigenvalue weighted by molar-refractivity contribution is 9.11. The van der Waals surface area contributed by atoms with Gasteiger partial charge in [-0.2, -0.15) is 0 Å². The first kappa shape index (κ1) is 13.2. The van der Waals surface area contributed by atoms with E-state index in [1.165, 1.54) is 0 Å². The maximum Gasteiger partial charge on any atom is 0.305 e. The first-order valence-corrected chi connectivity index (χ1v) is 6.04. The van der Waals surface area contributed by atoms with E-state index in [2.05, 4.69) is 37.2 Å². The molecule has 0 saturated carbocycles. The van der Waals surface area contributed by atoms with Crippen LogP contribution in [0.1, 0.15) is 16.8 Å². The molecule has 0 unspecified atom stereocenters. The fourth-order valence-corrected chi connectivity index (χ4v) is 2.28. The van der Waals surface area contributed by atoms with Gasteiger partial charge in [-0.3, -0.25) is 9.59 Å². The lowest BCUT2D eigenvalue weighted by Crippen LogP contribution is -2.26. The molecule has 0 fully saturated rings. The number of benzene rings is 1. The third kappa shape index (κ3) is 3.94. The summed E-state index contributed by atoms with van der Waals surface area (Å²) in [4.78, 5) is 21.9. The molecule has 16 heavy (non-hydrogen) atoms. The first-order valence-electron chi connectivity index (χ1n) is 4.45. The van der Waals surface area contributed by atoms with E-state index in [1.54, 1.807) is 18.2 Å². The van der Waals surface area contributed by atoms with Crippen molar-refractivity contribution in [3.63, 3.8) is 0 Å². The largest absolute Gasteiger partial charge is 0.481 e. The molecule has 0 saturated heterocycles. The summed E-state index contributed by atoms with van der Waals surface area (Å²) in [5.41, 5.74) is 0.480. The van der Waals surface area contributed by atoms with Crippen LogP contribution in [0.3, 0.4) is 0 Å². The molecule has 2 N–H and O–H groups in total. The van der Waals surface area contributed by atoms with Crippen molar-refractivity contribution in [2.45, 2.75) is 6.42 Å². The summed E-state index contributed by atoms with van der Waals surface area (Å²) in [6.07, 6.45) is -0.0834. The van der Waals surface area contributed by atoms with Crippen molar-refractivity contribution >= 4 is 43.7 Å². The molecule has 0 aromatic heterocycles. The van der Waals surface area contributed by atoms with Crippen LogP contribution in [0.25, 0.3) is 0 Å². The minimum atomic E-state index is -0.935. The van der Waals surface area contributed by atoms with Crippen molar-refractivity contribution in [2.24, 2.45) is 0 Å². The Kier molecular flexibility index (Phi) is 4.95. The molecule has 0 aliphatic carbocycles. The smallest absolute Gasteiger partial charge is 0.305 e. The molecule has 1 aromatic carbocycles. The van der Waals surface area contributed by atoms with Gasteiger partial charge in [0.05, 0.1) is 12.0 Å². The van der Waals surface area contributed by atoms with E-state index in [4.69, 9.17) is 5.11 Å². The third-order valence-electron chi connectivity index (χ3n) is 1.80. The number of amides is 1. The van der Waals surface area contributed by atoms with Gasteiger partial charge in [-0.15, -0.1) is 0 Å². The Morgan fingerprint density at radius 3 is 2.56 bits per heavy atom. The number of carboxylic acid groups (broad SMARTS) is 1. The molecule has 1 aromatic rings. The van der Waals surface area contributed by atoms with Crippen molar-refractivity contribution in [1.82, 2.24) is 5.32 Å². The van der Waals surface area contributed by atoms with Crippen LogP contribution in [0.4, 0.5) is 0 Å². The van der Waals surface area contributed by atoms with Crippen molar-refractivity contribution in [2.75, 3.05) is 6.54 Å². The van der Waals surface area contributed by atoms with E-state index in [-0.39, 0.29) is 18.9 Å². The number of nitrogens with one attached hydrogen (secondary N) is 1. The van der Waals surface area contributed by atoms with E-state index >= 15 is 0 Å². The van der Waals surface area contributed by atoms with Gasteiger partial charge < -0.3 is 10.4 Å². The Morgan fingerprint density at radius 1 is 1.31 bits per heavy atom. The maximum absolute atomic E-state index is 11.6. The highest BCUT2D eigenvalue weighted by Crippen LogP contribution is 2.21. The molecule has 4 nitrogen and oxygen atoms in total. The molecule has 0 aliphatic heterocycles. The summed E-state index contributed by atoms with van der Waals surface area (Å²) < 4.78 is 1.52. The Hall–Kier alpha value is -0.880. The van der Waals surface area contributed by atoms with Gasteiger partial charge in [-0.1, -0.05) is 15.9 Å².